The lowest BCUT2D eigenvalue weighted by molar-refractivity contribution is -0.385. The minimum absolute atomic E-state index is 0.0959. The molecule has 10 nitrogen and oxygen atoms in total. The minimum atomic E-state index is -1.01. The van der Waals surface area contributed by atoms with Crippen LogP contribution in [0.5, 0.6) is 11.5 Å². The number of aliphatic carboxylic acids is 1. The molecule has 0 aliphatic rings. The van der Waals surface area contributed by atoms with E-state index in [9.17, 15) is 24.8 Å². The summed E-state index contributed by atoms with van der Waals surface area (Å²) in [4.78, 5) is 36.7. The molecule has 0 aliphatic carbocycles. The van der Waals surface area contributed by atoms with E-state index in [1.807, 2.05) is 30.3 Å². The van der Waals surface area contributed by atoms with E-state index in [4.69, 9.17) is 14.2 Å². The van der Waals surface area contributed by atoms with Crippen molar-refractivity contribution in [1.29, 1.82) is 0 Å². The first-order valence-corrected chi connectivity index (χ1v) is 13.1. The van der Waals surface area contributed by atoms with Crippen molar-refractivity contribution in [3.05, 3.63) is 99.6 Å². The monoisotopic (exact) mass is 550 g/mol. The van der Waals surface area contributed by atoms with Crippen LogP contribution in [0, 0.1) is 17.0 Å². The number of benzene rings is 3. The SMILES string of the molecule is CCOC(Cc1ccc(OCCN(CCCc2ccccc2)C(=O)Oc2ccc(C)c([N+](=O)[O-])c2)cc1)C(=O)O. The maximum absolute atomic E-state index is 13.0. The van der Waals surface area contributed by atoms with Crippen LogP contribution in [-0.4, -0.2) is 59.4 Å². The number of nitro groups is 1. The Hall–Kier alpha value is -4.44. The molecular weight excluding hydrogens is 516 g/mol. The van der Waals surface area contributed by atoms with Crippen LogP contribution in [0.2, 0.25) is 0 Å². The number of carboxylic acids is 1. The Morgan fingerprint density at radius 2 is 1.68 bits per heavy atom. The molecule has 0 aromatic heterocycles. The van der Waals surface area contributed by atoms with E-state index in [2.05, 4.69) is 0 Å². The standard InChI is InChI=1S/C30H34N2O8/c1-3-38-28(29(33)34)20-24-12-15-25(16-13-24)39-19-18-31(17-7-10-23-8-5-4-6-9-23)30(35)40-26-14-11-22(2)27(21-26)32(36)37/h4-6,8-9,11-16,21,28H,3,7,10,17-20H2,1-2H3,(H,33,34). The number of aryl methyl sites for hydroxylation is 2. The molecule has 1 amide bonds. The number of carbonyl (C=O) groups is 2. The first kappa shape index (κ1) is 30.1. The summed E-state index contributed by atoms with van der Waals surface area (Å²) in [5, 5.41) is 20.6. The number of nitro benzene ring substituents is 1. The van der Waals surface area contributed by atoms with E-state index < -0.39 is 23.1 Å². The van der Waals surface area contributed by atoms with Crippen LogP contribution in [0.4, 0.5) is 10.5 Å². The van der Waals surface area contributed by atoms with Gasteiger partial charge in [-0.15, -0.1) is 0 Å². The van der Waals surface area contributed by atoms with Crippen LogP contribution >= 0.6 is 0 Å². The first-order valence-electron chi connectivity index (χ1n) is 13.1. The van der Waals surface area contributed by atoms with Gasteiger partial charge in [-0.3, -0.25) is 10.1 Å². The number of ether oxygens (including phenoxy) is 3. The highest BCUT2D eigenvalue weighted by atomic mass is 16.6. The molecule has 0 fully saturated rings. The van der Waals surface area contributed by atoms with E-state index in [0.717, 1.165) is 17.5 Å². The van der Waals surface area contributed by atoms with E-state index in [0.29, 0.717) is 30.9 Å². The second kappa shape index (κ2) is 15.2. The Morgan fingerprint density at radius 3 is 2.33 bits per heavy atom. The van der Waals surface area contributed by atoms with Crippen molar-refractivity contribution in [3.63, 3.8) is 0 Å². The fourth-order valence-corrected chi connectivity index (χ4v) is 4.06. The summed E-state index contributed by atoms with van der Waals surface area (Å²) in [6.07, 6.45) is 0.152. The van der Waals surface area contributed by atoms with Gasteiger partial charge in [0.25, 0.3) is 5.69 Å². The molecule has 1 atom stereocenters. The zero-order valence-electron chi connectivity index (χ0n) is 22.7. The third-order valence-electron chi connectivity index (χ3n) is 6.19. The predicted octanol–water partition coefficient (Wildman–Crippen LogP) is 5.45. The van der Waals surface area contributed by atoms with Gasteiger partial charge >= 0.3 is 12.1 Å². The Balaban J connectivity index is 1.61. The summed E-state index contributed by atoms with van der Waals surface area (Å²) in [6, 6.07) is 21.3. The number of amides is 1. The maximum atomic E-state index is 13.0. The van der Waals surface area contributed by atoms with Gasteiger partial charge in [-0.1, -0.05) is 42.5 Å². The van der Waals surface area contributed by atoms with Gasteiger partial charge in [0.2, 0.25) is 0 Å². The highest BCUT2D eigenvalue weighted by Crippen LogP contribution is 2.24. The molecule has 3 aromatic rings. The van der Waals surface area contributed by atoms with Crippen LogP contribution in [-0.2, 0) is 22.4 Å². The molecule has 1 N–H and O–H groups in total. The summed E-state index contributed by atoms with van der Waals surface area (Å²) in [5.41, 5.74) is 2.30. The maximum Gasteiger partial charge on any atom is 0.415 e. The number of carbonyl (C=O) groups excluding carboxylic acids is 1. The summed E-state index contributed by atoms with van der Waals surface area (Å²) < 4.78 is 16.6. The lowest BCUT2D eigenvalue weighted by Crippen LogP contribution is -2.37. The van der Waals surface area contributed by atoms with Gasteiger partial charge in [0.05, 0.1) is 17.5 Å². The van der Waals surface area contributed by atoms with Crippen molar-refractivity contribution in [2.75, 3.05) is 26.3 Å². The van der Waals surface area contributed by atoms with Crippen molar-refractivity contribution in [3.8, 4) is 11.5 Å². The number of carboxylic acid groups (broad SMARTS) is 1. The van der Waals surface area contributed by atoms with Crippen LogP contribution < -0.4 is 9.47 Å². The Labute approximate surface area is 233 Å². The second-order valence-electron chi connectivity index (χ2n) is 9.13. The average molecular weight is 551 g/mol. The number of nitrogens with zero attached hydrogens (tertiary/aromatic N) is 2. The van der Waals surface area contributed by atoms with Crippen molar-refractivity contribution >= 4 is 17.7 Å². The molecule has 0 heterocycles. The fourth-order valence-electron chi connectivity index (χ4n) is 4.06. The Morgan fingerprint density at radius 1 is 0.975 bits per heavy atom. The van der Waals surface area contributed by atoms with E-state index >= 15 is 0 Å². The molecule has 10 heteroatoms. The largest absolute Gasteiger partial charge is 0.492 e. The van der Waals surface area contributed by atoms with Gasteiger partial charge in [0.15, 0.2) is 6.10 Å². The Kier molecular flexibility index (Phi) is 11.5. The number of hydrogen-bond donors (Lipinski definition) is 1. The van der Waals surface area contributed by atoms with Crippen molar-refractivity contribution in [2.45, 2.75) is 39.2 Å². The van der Waals surface area contributed by atoms with Gasteiger partial charge in [-0.05, 0) is 62.1 Å². The van der Waals surface area contributed by atoms with Gasteiger partial charge in [0, 0.05) is 25.1 Å². The van der Waals surface area contributed by atoms with E-state index in [1.54, 1.807) is 44.2 Å². The highest BCUT2D eigenvalue weighted by molar-refractivity contribution is 5.72. The molecule has 212 valence electrons. The lowest BCUT2D eigenvalue weighted by Gasteiger charge is -2.22. The summed E-state index contributed by atoms with van der Waals surface area (Å²) in [5.74, 6) is -0.348. The van der Waals surface area contributed by atoms with Gasteiger partial charge in [0.1, 0.15) is 18.1 Å². The topological polar surface area (TPSA) is 128 Å². The average Bonchev–Trinajstić information content (AvgIpc) is 2.94. The predicted molar refractivity (Wildman–Crippen MR) is 149 cm³/mol. The third kappa shape index (κ3) is 9.39. The van der Waals surface area contributed by atoms with Crippen molar-refractivity contribution in [2.24, 2.45) is 0 Å². The fraction of sp³-hybridized carbons (Fsp3) is 0.333. The molecule has 40 heavy (non-hydrogen) atoms. The minimum Gasteiger partial charge on any atom is -0.492 e. The molecule has 1 unspecified atom stereocenters. The zero-order valence-corrected chi connectivity index (χ0v) is 22.7. The van der Waals surface area contributed by atoms with Gasteiger partial charge < -0.3 is 24.2 Å². The van der Waals surface area contributed by atoms with Crippen molar-refractivity contribution in [1.82, 2.24) is 4.90 Å². The smallest absolute Gasteiger partial charge is 0.415 e. The third-order valence-corrected chi connectivity index (χ3v) is 6.19. The molecule has 0 bridgehead atoms. The highest BCUT2D eigenvalue weighted by Gasteiger charge is 2.20. The first-order chi connectivity index (χ1) is 19.3. The molecule has 0 radical (unpaired) electrons. The van der Waals surface area contributed by atoms with Crippen LogP contribution in [0.3, 0.4) is 0 Å². The van der Waals surface area contributed by atoms with E-state index in [-0.39, 0.29) is 31.0 Å². The molecule has 0 aliphatic heterocycles. The van der Waals surface area contributed by atoms with Crippen LogP contribution in [0.15, 0.2) is 72.8 Å². The number of rotatable bonds is 15. The molecule has 0 saturated heterocycles. The summed E-state index contributed by atoms with van der Waals surface area (Å²) >= 11 is 0. The molecular formula is C30H34N2O8. The number of hydrogen-bond acceptors (Lipinski definition) is 7. The molecule has 3 rings (SSSR count). The Bertz CT molecular complexity index is 1260. The normalized spacial score (nSPS) is 11.4. The van der Waals surface area contributed by atoms with Gasteiger partial charge in [-0.25, -0.2) is 9.59 Å². The zero-order chi connectivity index (χ0) is 28.9. The van der Waals surface area contributed by atoms with E-state index in [1.165, 1.54) is 17.0 Å². The van der Waals surface area contributed by atoms with Crippen LogP contribution in [0.1, 0.15) is 30.0 Å². The molecule has 0 spiro atoms. The van der Waals surface area contributed by atoms with Crippen molar-refractivity contribution < 1.29 is 33.8 Å². The lowest BCUT2D eigenvalue weighted by atomic mass is 10.1. The quantitative estimate of drug-likeness (QED) is 0.195. The summed E-state index contributed by atoms with van der Waals surface area (Å²) in [6.45, 7) is 4.49. The second-order valence-corrected chi connectivity index (χ2v) is 9.13. The van der Waals surface area contributed by atoms with Gasteiger partial charge in [-0.2, -0.15) is 0 Å². The molecule has 3 aromatic carbocycles. The molecule has 0 saturated carbocycles. The van der Waals surface area contributed by atoms with Crippen LogP contribution in [0.25, 0.3) is 0 Å². The summed E-state index contributed by atoms with van der Waals surface area (Å²) in [7, 11) is 0.